The Balaban J connectivity index is 2.05. The highest BCUT2D eigenvalue weighted by Crippen LogP contribution is 2.28. The number of amides is 1. The fraction of sp³-hybridized carbons (Fsp3) is 0.692. The van der Waals surface area contributed by atoms with Crippen molar-refractivity contribution in [2.24, 2.45) is 5.41 Å². The van der Waals surface area contributed by atoms with Gasteiger partial charge in [-0.15, -0.1) is 11.3 Å². The number of hydrogen-bond acceptors (Lipinski definition) is 4. The maximum atomic E-state index is 12.3. The standard InChI is InChI=1S/C13H21N3OS/c1-8-11(18-10(3)15-8)9(2)16-12(17)13(4)5-6-14-7-13/h9,14H,5-7H2,1-4H3,(H,16,17). The Labute approximate surface area is 112 Å². The molecule has 2 unspecified atom stereocenters. The van der Waals surface area contributed by atoms with Crippen molar-refractivity contribution in [2.45, 2.75) is 40.2 Å². The molecule has 1 fully saturated rings. The summed E-state index contributed by atoms with van der Waals surface area (Å²) in [7, 11) is 0. The van der Waals surface area contributed by atoms with E-state index in [4.69, 9.17) is 0 Å². The topological polar surface area (TPSA) is 54.0 Å². The Hall–Kier alpha value is -0.940. The molecule has 0 bridgehead atoms. The van der Waals surface area contributed by atoms with Crippen LogP contribution in [0.4, 0.5) is 0 Å². The van der Waals surface area contributed by atoms with Crippen molar-refractivity contribution in [3.8, 4) is 0 Å². The second-order valence-corrected chi connectivity index (χ2v) is 6.60. The number of carbonyl (C=O) groups is 1. The Morgan fingerprint density at radius 3 is 2.78 bits per heavy atom. The summed E-state index contributed by atoms with van der Waals surface area (Å²) >= 11 is 1.66. The molecule has 2 heterocycles. The normalized spacial score (nSPS) is 25.1. The van der Waals surface area contributed by atoms with Gasteiger partial charge in [0.2, 0.25) is 5.91 Å². The molecule has 1 aliphatic rings. The molecule has 0 spiro atoms. The zero-order valence-corrected chi connectivity index (χ0v) is 12.3. The smallest absolute Gasteiger partial charge is 0.227 e. The van der Waals surface area contributed by atoms with E-state index < -0.39 is 0 Å². The third-order valence-electron chi connectivity index (χ3n) is 3.60. The largest absolute Gasteiger partial charge is 0.348 e. The minimum absolute atomic E-state index is 0.0427. The summed E-state index contributed by atoms with van der Waals surface area (Å²) in [6.45, 7) is 9.75. The molecule has 0 aromatic carbocycles. The lowest BCUT2D eigenvalue weighted by Gasteiger charge is -2.24. The molecule has 1 amide bonds. The van der Waals surface area contributed by atoms with Crippen molar-refractivity contribution < 1.29 is 4.79 Å². The first-order valence-corrected chi connectivity index (χ1v) is 7.19. The van der Waals surface area contributed by atoms with Gasteiger partial charge in [-0.25, -0.2) is 4.98 Å². The van der Waals surface area contributed by atoms with Crippen molar-refractivity contribution in [1.29, 1.82) is 0 Å². The summed E-state index contributed by atoms with van der Waals surface area (Å²) in [5.41, 5.74) is 0.766. The van der Waals surface area contributed by atoms with Gasteiger partial charge in [-0.2, -0.15) is 0 Å². The molecule has 100 valence electrons. The maximum absolute atomic E-state index is 12.3. The first kappa shape index (κ1) is 13.5. The lowest BCUT2D eigenvalue weighted by molar-refractivity contribution is -0.129. The van der Waals surface area contributed by atoms with Gasteiger partial charge in [-0.3, -0.25) is 4.79 Å². The molecule has 2 rings (SSSR count). The molecule has 0 radical (unpaired) electrons. The Morgan fingerprint density at radius 2 is 2.28 bits per heavy atom. The maximum Gasteiger partial charge on any atom is 0.227 e. The average molecular weight is 267 g/mol. The van der Waals surface area contributed by atoms with Crippen LogP contribution in [0.3, 0.4) is 0 Å². The van der Waals surface area contributed by atoms with Gasteiger partial charge >= 0.3 is 0 Å². The Kier molecular flexibility index (Phi) is 3.73. The molecule has 1 aliphatic heterocycles. The number of aryl methyl sites for hydroxylation is 2. The fourth-order valence-corrected chi connectivity index (χ4v) is 3.33. The quantitative estimate of drug-likeness (QED) is 0.880. The summed E-state index contributed by atoms with van der Waals surface area (Å²) in [4.78, 5) is 17.9. The van der Waals surface area contributed by atoms with E-state index in [1.165, 1.54) is 0 Å². The number of thiazole rings is 1. The zero-order valence-electron chi connectivity index (χ0n) is 11.5. The van der Waals surface area contributed by atoms with Gasteiger partial charge in [-0.1, -0.05) is 0 Å². The van der Waals surface area contributed by atoms with E-state index in [0.717, 1.165) is 35.1 Å². The minimum Gasteiger partial charge on any atom is -0.348 e. The van der Waals surface area contributed by atoms with E-state index in [9.17, 15) is 4.79 Å². The van der Waals surface area contributed by atoms with Crippen LogP contribution in [0.2, 0.25) is 0 Å². The van der Waals surface area contributed by atoms with Crippen LogP contribution in [0.1, 0.15) is 41.9 Å². The third-order valence-corrected chi connectivity index (χ3v) is 4.85. The van der Waals surface area contributed by atoms with E-state index >= 15 is 0 Å². The van der Waals surface area contributed by atoms with Crippen LogP contribution in [-0.2, 0) is 4.79 Å². The summed E-state index contributed by atoms with van der Waals surface area (Å²) in [6.07, 6.45) is 0.909. The zero-order chi connectivity index (χ0) is 13.3. The summed E-state index contributed by atoms with van der Waals surface area (Å²) in [5.74, 6) is 0.144. The number of nitrogens with one attached hydrogen (secondary N) is 2. The number of aromatic nitrogens is 1. The molecular weight excluding hydrogens is 246 g/mol. The van der Waals surface area contributed by atoms with Crippen LogP contribution in [0, 0.1) is 19.3 Å². The molecule has 5 heteroatoms. The molecule has 1 aromatic heterocycles. The number of rotatable bonds is 3. The van der Waals surface area contributed by atoms with Crippen molar-refractivity contribution >= 4 is 17.2 Å². The van der Waals surface area contributed by atoms with Crippen LogP contribution < -0.4 is 10.6 Å². The summed E-state index contributed by atoms with van der Waals surface area (Å²) in [6, 6.07) is 0.0427. The minimum atomic E-state index is -0.262. The Bertz CT molecular complexity index is 449. The van der Waals surface area contributed by atoms with Gasteiger partial charge in [0.15, 0.2) is 0 Å². The van der Waals surface area contributed by atoms with Gasteiger partial charge in [-0.05, 0) is 40.7 Å². The fourth-order valence-electron chi connectivity index (χ4n) is 2.40. The predicted octanol–water partition coefficient (Wildman–Crippen LogP) is 1.94. The van der Waals surface area contributed by atoms with Gasteiger partial charge in [0.25, 0.3) is 0 Å². The van der Waals surface area contributed by atoms with Crippen LogP contribution >= 0.6 is 11.3 Å². The van der Waals surface area contributed by atoms with Crippen LogP contribution in [0.5, 0.6) is 0 Å². The number of hydrogen-bond donors (Lipinski definition) is 2. The molecule has 0 aliphatic carbocycles. The van der Waals surface area contributed by atoms with E-state index in [0.29, 0.717) is 0 Å². The SMILES string of the molecule is Cc1nc(C)c(C(C)NC(=O)C2(C)CCNC2)s1. The molecule has 2 N–H and O–H groups in total. The highest BCUT2D eigenvalue weighted by atomic mass is 32.1. The van der Waals surface area contributed by atoms with Crippen molar-refractivity contribution in [3.63, 3.8) is 0 Å². The summed E-state index contributed by atoms with van der Waals surface area (Å²) in [5, 5.41) is 7.43. The second-order valence-electron chi connectivity index (χ2n) is 5.37. The van der Waals surface area contributed by atoms with E-state index in [2.05, 4.69) is 15.6 Å². The lowest BCUT2D eigenvalue weighted by Crippen LogP contribution is -2.41. The van der Waals surface area contributed by atoms with Crippen molar-refractivity contribution in [1.82, 2.24) is 15.6 Å². The second kappa shape index (κ2) is 4.97. The first-order chi connectivity index (χ1) is 8.42. The number of nitrogens with zero attached hydrogens (tertiary/aromatic N) is 1. The third kappa shape index (κ3) is 2.57. The van der Waals surface area contributed by atoms with Crippen LogP contribution in [0.15, 0.2) is 0 Å². The molecule has 0 saturated carbocycles. The van der Waals surface area contributed by atoms with E-state index in [-0.39, 0.29) is 17.4 Å². The lowest BCUT2D eigenvalue weighted by atomic mass is 9.88. The van der Waals surface area contributed by atoms with Crippen molar-refractivity contribution in [2.75, 3.05) is 13.1 Å². The monoisotopic (exact) mass is 267 g/mol. The molecule has 18 heavy (non-hydrogen) atoms. The van der Waals surface area contributed by atoms with E-state index in [1.54, 1.807) is 11.3 Å². The van der Waals surface area contributed by atoms with Gasteiger partial charge < -0.3 is 10.6 Å². The van der Waals surface area contributed by atoms with E-state index in [1.807, 2.05) is 27.7 Å². The van der Waals surface area contributed by atoms with Crippen LogP contribution in [-0.4, -0.2) is 24.0 Å². The predicted molar refractivity (Wildman–Crippen MR) is 73.7 cm³/mol. The summed E-state index contributed by atoms with van der Waals surface area (Å²) < 4.78 is 0. The van der Waals surface area contributed by atoms with Gasteiger partial charge in [0, 0.05) is 11.4 Å². The Morgan fingerprint density at radius 1 is 1.56 bits per heavy atom. The molecular formula is C13H21N3OS. The molecule has 1 aromatic rings. The highest BCUT2D eigenvalue weighted by molar-refractivity contribution is 7.11. The number of carbonyl (C=O) groups excluding carboxylic acids is 1. The van der Waals surface area contributed by atoms with Crippen LogP contribution in [0.25, 0.3) is 0 Å². The average Bonchev–Trinajstić information content (AvgIpc) is 2.86. The molecule has 2 atom stereocenters. The highest BCUT2D eigenvalue weighted by Gasteiger charge is 2.37. The molecule has 4 nitrogen and oxygen atoms in total. The molecule has 1 saturated heterocycles. The van der Waals surface area contributed by atoms with Gasteiger partial charge in [0.1, 0.15) is 0 Å². The van der Waals surface area contributed by atoms with Gasteiger partial charge in [0.05, 0.1) is 22.2 Å². The van der Waals surface area contributed by atoms with Crippen molar-refractivity contribution in [3.05, 3.63) is 15.6 Å². The first-order valence-electron chi connectivity index (χ1n) is 6.38.